The molecule has 1 rings (SSSR count). The highest BCUT2D eigenvalue weighted by Gasteiger charge is 2.17. The van der Waals surface area contributed by atoms with Crippen molar-refractivity contribution >= 4 is 5.78 Å². The van der Waals surface area contributed by atoms with Crippen LogP contribution in [0.1, 0.15) is 57.8 Å². The molecular weight excluding hydrogens is 222 g/mol. The van der Waals surface area contributed by atoms with E-state index in [1.54, 1.807) is 0 Å². The first kappa shape index (κ1) is 15.0. The average molecular weight is 249 g/mol. The molecule has 0 radical (unpaired) electrons. The Labute approximate surface area is 112 Å². The highest BCUT2D eigenvalue weighted by molar-refractivity contribution is 5.81. The molecule has 0 aromatic heterocycles. The number of rotatable bonds is 10. The summed E-state index contributed by atoms with van der Waals surface area (Å²) >= 11 is 0. The van der Waals surface area contributed by atoms with E-state index >= 15 is 0 Å². The number of nitrogens with one attached hydrogen (secondary N) is 1. The second-order valence-corrected chi connectivity index (χ2v) is 5.16. The predicted molar refractivity (Wildman–Crippen MR) is 77.4 cm³/mol. The number of Topliss-reactive ketones (excluding diaryl/α,β-unsaturated/α-hetero) is 1. The number of hydrogen-bond acceptors (Lipinski definition) is 2. The van der Waals surface area contributed by atoms with E-state index in [2.05, 4.69) is 18.0 Å². The lowest BCUT2D eigenvalue weighted by molar-refractivity contribution is -0.122. The van der Waals surface area contributed by atoms with Gasteiger partial charge in [-0.3, -0.25) is 4.79 Å². The van der Waals surface area contributed by atoms with Crippen LogP contribution in [0.2, 0.25) is 0 Å². The van der Waals surface area contributed by atoms with Gasteiger partial charge in [0, 0.05) is 18.9 Å². The molecule has 0 aromatic rings. The summed E-state index contributed by atoms with van der Waals surface area (Å²) in [5, 5.41) is 3.14. The fraction of sp³-hybridized carbons (Fsp3) is 0.688. The maximum atomic E-state index is 11.9. The van der Waals surface area contributed by atoms with Gasteiger partial charge in [0.1, 0.15) is 5.78 Å². The third kappa shape index (κ3) is 6.63. The van der Waals surface area contributed by atoms with Crippen LogP contribution in [-0.2, 0) is 4.79 Å². The van der Waals surface area contributed by atoms with E-state index in [4.69, 9.17) is 0 Å². The van der Waals surface area contributed by atoms with Crippen molar-refractivity contribution < 1.29 is 4.79 Å². The van der Waals surface area contributed by atoms with Gasteiger partial charge in [-0.15, -0.1) is 6.58 Å². The lowest BCUT2D eigenvalue weighted by Crippen LogP contribution is -2.28. The number of allylic oxidation sites excluding steroid dienone is 2. The first-order chi connectivity index (χ1) is 8.84. The summed E-state index contributed by atoms with van der Waals surface area (Å²) in [6, 6.07) is 0. The third-order valence-electron chi connectivity index (χ3n) is 3.56. The topological polar surface area (TPSA) is 29.1 Å². The molecule has 0 amide bonds. The minimum Gasteiger partial charge on any atom is -0.390 e. The van der Waals surface area contributed by atoms with Crippen molar-refractivity contribution in [1.82, 2.24) is 5.32 Å². The molecule has 2 nitrogen and oxygen atoms in total. The van der Waals surface area contributed by atoms with Gasteiger partial charge in [0.25, 0.3) is 0 Å². The highest BCUT2D eigenvalue weighted by atomic mass is 16.1. The minimum absolute atomic E-state index is 0.225. The maximum absolute atomic E-state index is 11.9. The molecule has 0 bridgehead atoms. The minimum atomic E-state index is 0.225. The molecule has 0 aliphatic carbocycles. The van der Waals surface area contributed by atoms with Crippen molar-refractivity contribution in [2.24, 2.45) is 5.92 Å². The van der Waals surface area contributed by atoms with E-state index in [0.29, 0.717) is 5.78 Å². The molecule has 1 N–H and O–H groups in total. The molecule has 102 valence electrons. The molecule has 1 aliphatic rings. The maximum Gasteiger partial charge on any atom is 0.138 e. The molecule has 2 heteroatoms. The fourth-order valence-electron chi connectivity index (χ4n) is 2.35. The van der Waals surface area contributed by atoms with E-state index in [9.17, 15) is 4.79 Å². The first-order valence-corrected chi connectivity index (χ1v) is 7.36. The summed E-state index contributed by atoms with van der Waals surface area (Å²) in [6.07, 6.45) is 16.3. The Bertz CT molecular complexity index is 270. The second kappa shape index (κ2) is 9.93. The Morgan fingerprint density at radius 2 is 1.94 bits per heavy atom. The number of ketones is 1. The number of carbonyl (C=O) groups is 1. The molecule has 0 aromatic carbocycles. The van der Waals surface area contributed by atoms with Crippen molar-refractivity contribution in [3.05, 3.63) is 24.9 Å². The first-order valence-electron chi connectivity index (χ1n) is 7.36. The summed E-state index contributed by atoms with van der Waals surface area (Å²) in [7, 11) is 0. The quantitative estimate of drug-likeness (QED) is 0.468. The molecule has 1 heterocycles. The third-order valence-corrected chi connectivity index (χ3v) is 3.56. The second-order valence-electron chi connectivity index (χ2n) is 5.16. The zero-order valence-corrected chi connectivity index (χ0v) is 11.5. The zero-order valence-electron chi connectivity index (χ0n) is 11.5. The van der Waals surface area contributed by atoms with Crippen LogP contribution in [0.3, 0.4) is 0 Å². The Hall–Kier alpha value is -1.05. The van der Waals surface area contributed by atoms with Gasteiger partial charge in [-0.2, -0.15) is 0 Å². The zero-order chi connectivity index (χ0) is 13.1. The Morgan fingerprint density at radius 1 is 1.22 bits per heavy atom. The van der Waals surface area contributed by atoms with Gasteiger partial charge < -0.3 is 5.32 Å². The average Bonchev–Trinajstić information content (AvgIpc) is 2.42. The highest BCUT2D eigenvalue weighted by Crippen LogP contribution is 2.14. The largest absolute Gasteiger partial charge is 0.390 e. The van der Waals surface area contributed by atoms with Crippen LogP contribution in [0.25, 0.3) is 0 Å². The van der Waals surface area contributed by atoms with Crippen molar-refractivity contribution in [3.8, 4) is 0 Å². The van der Waals surface area contributed by atoms with Gasteiger partial charge >= 0.3 is 0 Å². The predicted octanol–water partition coefficient (Wildman–Crippen LogP) is 3.99. The SMILES string of the molecule is C=CCCCCCCCCC(=O)[C@H]1CC=CNC1. The van der Waals surface area contributed by atoms with Gasteiger partial charge in [0.2, 0.25) is 0 Å². The summed E-state index contributed by atoms with van der Waals surface area (Å²) in [4.78, 5) is 11.9. The molecule has 0 spiro atoms. The normalized spacial score (nSPS) is 18.3. The van der Waals surface area contributed by atoms with E-state index in [1.165, 1.54) is 32.1 Å². The van der Waals surface area contributed by atoms with Gasteiger partial charge in [-0.1, -0.05) is 37.8 Å². The summed E-state index contributed by atoms with van der Waals surface area (Å²) in [5.41, 5.74) is 0. The van der Waals surface area contributed by atoms with Crippen LogP contribution in [0.4, 0.5) is 0 Å². The fourth-order valence-corrected chi connectivity index (χ4v) is 2.35. The molecule has 0 saturated heterocycles. The Kier molecular flexibility index (Phi) is 8.28. The van der Waals surface area contributed by atoms with E-state index in [0.717, 1.165) is 32.2 Å². The van der Waals surface area contributed by atoms with E-state index < -0.39 is 0 Å². The van der Waals surface area contributed by atoms with E-state index in [1.807, 2.05) is 12.3 Å². The standard InChI is InChI=1S/C16H27NO/c1-2-3-4-5-6-7-8-9-12-16(18)15-11-10-13-17-14-15/h2,10,13,15,17H,1,3-9,11-12,14H2/t15-/m0/s1. The molecule has 18 heavy (non-hydrogen) atoms. The summed E-state index contributed by atoms with van der Waals surface area (Å²) in [6.45, 7) is 4.55. The smallest absolute Gasteiger partial charge is 0.138 e. The van der Waals surface area contributed by atoms with Gasteiger partial charge in [-0.25, -0.2) is 0 Å². The number of unbranched alkanes of at least 4 members (excludes halogenated alkanes) is 6. The van der Waals surface area contributed by atoms with Crippen molar-refractivity contribution in [2.45, 2.75) is 57.8 Å². The molecule has 1 atom stereocenters. The van der Waals surface area contributed by atoms with Crippen LogP contribution < -0.4 is 5.32 Å². The van der Waals surface area contributed by atoms with Crippen LogP contribution in [-0.4, -0.2) is 12.3 Å². The van der Waals surface area contributed by atoms with Crippen molar-refractivity contribution in [1.29, 1.82) is 0 Å². The molecule has 1 aliphatic heterocycles. The van der Waals surface area contributed by atoms with Crippen LogP contribution in [0.5, 0.6) is 0 Å². The lowest BCUT2D eigenvalue weighted by Gasteiger charge is -2.17. The molecular formula is C16H27NO. The molecule has 0 saturated carbocycles. The molecule has 0 unspecified atom stereocenters. The Balaban J connectivity index is 1.92. The summed E-state index contributed by atoms with van der Waals surface area (Å²) < 4.78 is 0. The van der Waals surface area contributed by atoms with Crippen molar-refractivity contribution in [3.63, 3.8) is 0 Å². The van der Waals surface area contributed by atoms with Gasteiger partial charge in [-0.05, 0) is 31.9 Å². The number of carbonyl (C=O) groups excluding carboxylic acids is 1. The van der Waals surface area contributed by atoms with Crippen LogP contribution >= 0.6 is 0 Å². The van der Waals surface area contributed by atoms with Gasteiger partial charge in [0.05, 0.1) is 0 Å². The molecule has 0 fully saturated rings. The van der Waals surface area contributed by atoms with E-state index in [-0.39, 0.29) is 5.92 Å². The number of hydrogen-bond donors (Lipinski definition) is 1. The monoisotopic (exact) mass is 249 g/mol. The lowest BCUT2D eigenvalue weighted by atomic mass is 9.94. The Morgan fingerprint density at radius 3 is 2.61 bits per heavy atom. The van der Waals surface area contributed by atoms with Crippen LogP contribution in [0.15, 0.2) is 24.9 Å². The van der Waals surface area contributed by atoms with Crippen LogP contribution in [0, 0.1) is 5.92 Å². The summed E-state index contributed by atoms with van der Waals surface area (Å²) in [5.74, 6) is 0.668. The van der Waals surface area contributed by atoms with Crippen molar-refractivity contribution in [2.75, 3.05) is 6.54 Å². The van der Waals surface area contributed by atoms with Gasteiger partial charge in [0.15, 0.2) is 0 Å².